The number of hydrogen-bond acceptors (Lipinski definition) is 3. The van der Waals surface area contributed by atoms with Crippen LogP contribution in [0.25, 0.3) is 0 Å². The van der Waals surface area contributed by atoms with E-state index in [-0.39, 0.29) is 5.91 Å². The van der Waals surface area contributed by atoms with Gasteiger partial charge in [-0.05, 0) is 54.8 Å². The number of amides is 1. The monoisotopic (exact) mass is 320 g/mol. The Morgan fingerprint density at radius 2 is 1.86 bits per heavy atom. The number of hydrogen-bond donors (Lipinski definition) is 1. The third kappa shape index (κ3) is 6.19. The van der Waals surface area contributed by atoms with E-state index in [0.717, 1.165) is 17.7 Å². The number of aryl methyl sites for hydroxylation is 1. The molecule has 0 saturated heterocycles. The lowest BCUT2D eigenvalue weighted by molar-refractivity contribution is -0.118. The minimum Gasteiger partial charge on any atom is -0.355 e. The third-order valence-corrected chi connectivity index (χ3v) is 4.16. The van der Waals surface area contributed by atoms with E-state index in [2.05, 4.69) is 10.3 Å². The molecular weight excluding hydrogens is 304 g/mol. The molecule has 0 radical (unpaired) electrons. The summed E-state index contributed by atoms with van der Waals surface area (Å²) >= 11 is 7.33. The van der Waals surface area contributed by atoms with Gasteiger partial charge in [0.25, 0.3) is 0 Å². The smallest absolute Gasteiger partial charge is 0.230 e. The Kier molecular flexibility index (Phi) is 6.57. The SMILES string of the molecule is O=C(CSc1ccc(Cl)cc1)NCCCc1ccncc1. The topological polar surface area (TPSA) is 42.0 Å². The summed E-state index contributed by atoms with van der Waals surface area (Å²) in [6.07, 6.45) is 5.46. The third-order valence-electron chi connectivity index (χ3n) is 2.90. The van der Waals surface area contributed by atoms with E-state index in [1.165, 1.54) is 17.3 Å². The maximum Gasteiger partial charge on any atom is 0.230 e. The molecular formula is C16H17ClN2OS. The Morgan fingerprint density at radius 3 is 2.57 bits per heavy atom. The predicted molar refractivity (Wildman–Crippen MR) is 87.7 cm³/mol. The Bertz CT molecular complexity index is 560. The number of halogens is 1. The van der Waals surface area contributed by atoms with Crippen LogP contribution in [-0.4, -0.2) is 23.2 Å². The van der Waals surface area contributed by atoms with Crippen LogP contribution in [-0.2, 0) is 11.2 Å². The first kappa shape index (κ1) is 15.9. The zero-order valence-electron chi connectivity index (χ0n) is 11.6. The van der Waals surface area contributed by atoms with Gasteiger partial charge in [-0.25, -0.2) is 0 Å². The number of aromatic nitrogens is 1. The molecule has 2 rings (SSSR count). The average Bonchev–Trinajstić information content (AvgIpc) is 2.52. The van der Waals surface area contributed by atoms with Crippen molar-refractivity contribution in [2.24, 2.45) is 0 Å². The molecule has 0 unspecified atom stereocenters. The fraction of sp³-hybridized carbons (Fsp3) is 0.250. The fourth-order valence-electron chi connectivity index (χ4n) is 1.80. The molecule has 0 aliphatic carbocycles. The van der Waals surface area contributed by atoms with Gasteiger partial charge in [0.1, 0.15) is 0 Å². The molecule has 5 heteroatoms. The summed E-state index contributed by atoms with van der Waals surface area (Å²) in [7, 11) is 0. The standard InChI is InChI=1S/C16H17ClN2OS/c17-14-3-5-15(6-4-14)21-12-16(20)19-9-1-2-13-7-10-18-11-8-13/h3-8,10-11H,1-2,9,12H2,(H,19,20). The highest BCUT2D eigenvalue weighted by molar-refractivity contribution is 8.00. The molecule has 21 heavy (non-hydrogen) atoms. The van der Waals surface area contributed by atoms with Crippen molar-refractivity contribution >= 4 is 29.3 Å². The van der Waals surface area contributed by atoms with Crippen LogP contribution < -0.4 is 5.32 Å². The van der Waals surface area contributed by atoms with Gasteiger partial charge in [0, 0.05) is 28.9 Å². The summed E-state index contributed by atoms with van der Waals surface area (Å²) in [5.74, 6) is 0.487. The van der Waals surface area contributed by atoms with Gasteiger partial charge >= 0.3 is 0 Å². The van der Waals surface area contributed by atoms with E-state index in [0.29, 0.717) is 17.3 Å². The number of benzene rings is 1. The van der Waals surface area contributed by atoms with Crippen LogP contribution in [0.15, 0.2) is 53.7 Å². The molecule has 0 bridgehead atoms. The lowest BCUT2D eigenvalue weighted by atomic mass is 10.1. The molecule has 2 aromatic rings. The molecule has 3 nitrogen and oxygen atoms in total. The highest BCUT2D eigenvalue weighted by atomic mass is 35.5. The number of nitrogens with zero attached hydrogens (tertiary/aromatic N) is 1. The van der Waals surface area contributed by atoms with Gasteiger partial charge in [-0.3, -0.25) is 9.78 Å². The lowest BCUT2D eigenvalue weighted by Gasteiger charge is -2.05. The van der Waals surface area contributed by atoms with Crippen LogP contribution in [0.1, 0.15) is 12.0 Å². The predicted octanol–water partition coefficient (Wildman–Crippen LogP) is 3.58. The second-order valence-electron chi connectivity index (χ2n) is 4.55. The van der Waals surface area contributed by atoms with Crippen LogP contribution in [0.4, 0.5) is 0 Å². The zero-order chi connectivity index (χ0) is 14.9. The van der Waals surface area contributed by atoms with Crippen LogP contribution in [0.2, 0.25) is 5.02 Å². The van der Waals surface area contributed by atoms with Crippen molar-refractivity contribution in [1.82, 2.24) is 10.3 Å². The second-order valence-corrected chi connectivity index (χ2v) is 6.04. The number of pyridine rings is 1. The first-order chi connectivity index (χ1) is 10.2. The van der Waals surface area contributed by atoms with E-state index >= 15 is 0 Å². The van der Waals surface area contributed by atoms with Crippen molar-refractivity contribution in [2.75, 3.05) is 12.3 Å². The van der Waals surface area contributed by atoms with Gasteiger partial charge in [-0.1, -0.05) is 11.6 Å². The van der Waals surface area contributed by atoms with E-state index in [1.807, 2.05) is 36.4 Å². The Balaban J connectivity index is 1.60. The summed E-state index contributed by atoms with van der Waals surface area (Å²) in [6, 6.07) is 11.5. The number of rotatable bonds is 7. The Morgan fingerprint density at radius 1 is 1.14 bits per heavy atom. The molecule has 110 valence electrons. The molecule has 0 spiro atoms. The van der Waals surface area contributed by atoms with Crippen molar-refractivity contribution < 1.29 is 4.79 Å². The van der Waals surface area contributed by atoms with Crippen molar-refractivity contribution in [1.29, 1.82) is 0 Å². The van der Waals surface area contributed by atoms with Crippen molar-refractivity contribution in [3.05, 3.63) is 59.4 Å². The minimum absolute atomic E-state index is 0.0599. The van der Waals surface area contributed by atoms with E-state index in [9.17, 15) is 4.79 Å². The summed E-state index contributed by atoms with van der Waals surface area (Å²) in [5.41, 5.74) is 1.25. The summed E-state index contributed by atoms with van der Waals surface area (Å²) in [5, 5.41) is 3.64. The van der Waals surface area contributed by atoms with Crippen LogP contribution in [0.3, 0.4) is 0 Å². The Labute approximate surface area is 134 Å². The van der Waals surface area contributed by atoms with Gasteiger partial charge in [0.2, 0.25) is 5.91 Å². The summed E-state index contributed by atoms with van der Waals surface area (Å²) < 4.78 is 0. The summed E-state index contributed by atoms with van der Waals surface area (Å²) in [6.45, 7) is 0.697. The van der Waals surface area contributed by atoms with Gasteiger partial charge < -0.3 is 5.32 Å². The molecule has 0 aliphatic rings. The molecule has 0 saturated carbocycles. The fourth-order valence-corrected chi connectivity index (χ4v) is 2.65. The highest BCUT2D eigenvalue weighted by Crippen LogP contribution is 2.19. The van der Waals surface area contributed by atoms with Gasteiger partial charge in [-0.2, -0.15) is 0 Å². The van der Waals surface area contributed by atoms with E-state index in [4.69, 9.17) is 11.6 Å². The van der Waals surface area contributed by atoms with E-state index in [1.54, 1.807) is 12.4 Å². The molecule has 0 fully saturated rings. The number of carbonyl (C=O) groups excluding carboxylic acids is 1. The van der Waals surface area contributed by atoms with Crippen molar-refractivity contribution in [3.63, 3.8) is 0 Å². The van der Waals surface area contributed by atoms with Crippen LogP contribution in [0.5, 0.6) is 0 Å². The lowest BCUT2D eigenvalue weighted by Crippen LogP contribution is -2.26. The van der Waals surface area contributed by atoms with Gasteiger partial charge in [-0.15, -0.1) is 11.8 Å². The Hall–Kier alpha value is -1.52. The molecule has 1 amide bonds. The first-order valence-electron chi connectivity index (χ1n) is 6.78. The summed E-state index contributed by atoms with van der Waals surface area (Å²) in [4.78, 5) is 16.8. The molecule has 1 aromatic carbocycles. The quantitative estimate of drug-likeness (QED) is 0.626. The first-order valence-corrected chi connectivity index (χ1v) is 8.14. The minimum atomic E-state index is 0.0599. The zero-order valence-corrected chi connectivity index (χ0v) is 13.2. The number of nitrogens with one attached hydrogen (secondary N) is 1. The normalized spacial score (nSPS) is 10.3. The van der Waals surface area contributed by atoms with Crippen molar-refractivity contribution in [2.45, 2.75) is 17.7 Å². The van der Waals surface area contributed by atoms with Gasteiger partial charge in [0.15, 0.2) is 0 Å². The number of thioether (sulfide) groups is 1. The van der Waals surface area contributed by atoms with Gasteiger partial charge in [0.05, 0.1) is 5.75 Å². The molecule has 1 heterocycles. The maximum absolute atomic E-state index is 11.7. The molecule has 1 N–H and O–H groups in total. The largest absolute Gasteiger partial charge is 0.355 e. The highest BCUT2D eigenvalue weighted by Gasteiger charge is 2.02. The van der Waals surface area contributed by atoms with Crippen LogP contribution in [0, 0.1) is 0 Å². The average molecular weight is 321 g/mol. The maximum atomic E-state index is 11.7. The van der Waals surface area contributed by atoms with Crippen LogP contribution >= 0.6 is 23.4 Å². The van der Waals surface area contributed by atoms with E-state index < -0.39 is 0 Å². The molecule has 1 aromatic heterocycles. The molecule has 0 aliphatic heterocycles. The second kappa shape index (κ2) is 8.70. The molecule has 0 atom stereocenters. The van der Waals surface area contributed by atoms with Crippen molar-refractivity contribution in [3.8, 4) is 0 Å². The number of carbonyl (C=O) groups is 1.